The number of hydrogen-bond acceptors (Lipinski definition) is 4. The van der Waals surface area contributed by atoms with Gasteiger partial charge in [0.1, 0.15) is 0 Å². The van der Waals surface area contributed by atoms with Gasteiger partial charge in [0.25, 0.3) is 0 Å². The molecule has 3 rings (SSSR count). The van der Waals surface area contributed by atoms with E-state index in [1.54, 1.807) is 6.07 Å². The normalized spacial score (nSPS) is 21.1. The highest BCUT2D eigenvalue weighted by Gasteiger charge is 2.53. The minimum absolute atomic E-state index is 0.297. The van der Waals surface area contributed by atoms with Crippen LogP contribution in [0.2, 0.25) is 0 Å². The Morgan fingerprint density at radius 1 is 1.40 bits per heavy atom. The standard InChI is InChI=1S/C14H22N2O2S2/c1-2-15-9-12-13(5-8-19-12)20(17,18)16-10-14(6-7-14)11-3-4-11/h5,8,11,15-16H,2-4,6-7,9-10H2,1H3. The molecule has 0 atom stereocenters. The molecule has 2 fully saturated rings. The second-order valence-electron chi connectivity index (χ2n) is 5.95. The summed E-state index contributed by atoms with van der Waals surface area (Å²) in [5, 5.41) is 5.05. The number of rotatable bonds is 8. The van der Waals surface area contributed by atoms with Gasteiger partial charge in [-0.1, -0.05) is 6.92 Å². The third kappa shape index (κ3) is 2.93. The van der Waals surface area contributed by atoms with Crippen LogP contribution in [0.4, 0.5) is 0 Å². The lowest BCUT2D eigenvalue weighted by molar-refractivity contribution is 0.431. The fourth-order valence-corrected chi connectivity index (χ4v) is 5.39. The highest BCUT2D eigenvalue weighted by atomic mass is 32.2. The third-order valence-electron chi connectivity index (χ3n) is 4.48. The highest BCUT2D eigenvalue weighted by Crippen LogP contribution is 2.60. The van der Waals surface area contributed by atoms with E-state index in [9.17, 15) is 8.42 Å². The van der Waals surface area contributed by atoms with Crippen LogP contribution in [0.1, 0.15) is 37.5 Å². The first kappa shape index (κ1) is 14.5. The molecular formula is C14H22N2O2S2. The number of hydrogen-bond donors (Lipinski definition) is 2. The smallest absolute Gasteiger partial charge is 0.241 e. The van der Waals surface area contributed by atoms with Crippen molar-refractivity contribution in [2.75, 3.05) is 13.1 Å². The Labute approximate surface area is 125 Å². The maximum atomic E-state index is 12.5. The van der Waals surface area contributed by atoms with Crippen molar-refractivity contribution >= 4 is 21.4 Å². The Balaban J connectivity index is 1.67. The summed E-state index contributed by atoms with van der Waals surface area (Å²) in [5.41, 5.74) is 0.297. The monoisotopic (exact) mass is 314 g/mol. The average molecular weight is 314 g/mol. The Bertz CT molecular complexity index is 572. The molecular weight excluding hydrogens is 292 g/mol. The molecule has 2 saturated carbocycles. The van der Waals surface area contributed by atoms with Crippen LogP contribution in [0.5, 0.6) is 0 Å². The largest absolute Gasteiger partial charge is 0.312 e. The minimum atomic E-state index is -3.36. The van der Waals surface area contributed by atoms with Gasteiger partial charge < -0.3 is 5.32 Å². The van der Waals surface area contributed by atoms with Crippen LogP contribution in [-0.2, 0) is 16.6 Å². The van der Waals surface area contributed by atoms with Crippen molar-refractivity contribution in [2.45, 2.75) is 44.0 Å². The van der Waals surface area contributed by atoms with Gasteiger partial charge in [0, 0.05) is 18.0 Å². The lowest BCUT2D eigenvalue weighted by Gasteiger charge is -2.15. The Morgan fingerprint density at radius 3 is 2.75 bits per heavy atom. The van der Waals surface area contributed by atoms with Crippen molar-refractivity contribution in [1.82, 2.24) is 10.0 Å². The van der Waals surface area contributed by atoms with E-state index in [-0.39, 0.29) is 0 Å². The first-order valence-corrected chi connectivity index (χ1v) is 9.70. The van der Waals surface area contributed by atoms with Gasteiger partial charge in [-0.05, 0) is 55.0 Å². The summed E-state index contributed by atoms with van der Waals surface area (Å²) in [6.45, 7) is 4.11. The fraction of sp³-hybridized carbons (Fsp3) is 0.714. The lowest BCUT2D eigenvalue weighted by atomic mass is 10.0. The molecule has 112 valence electrons. The van der Waals surface area contributed by atoms with Gasteiger partial charge in [0.05, 0.1) is 4.90 Å². The molecule has 0 aromatic carbocycles. The molecule has 0 amide bonds. The molecule has 0 unspecified atom stereocenters. The quantitative estimate of drug-likeness (QED) is 0.774. The van der Waals surface area contributed by atoms with Gasteiger partial charge in [-0.2, -0.15) is 0 Å². The molecule has 0 bridgehead atoms. The van der Waals surface area contributed by atoms with Crippen LogP contribution in [-0.4, -0.2) is 21.5 Å². The molecule has 1 heterocycles. The van der Waals surface area contributed by atoms with Crippen molar-refractivity contribution in [1.29, 1.82) is 0 Å². The zero-order valence-corrected chi connectivity index (χ0v) is 13.4. The summed E-state index contributed by atoms with van der Waals surface area (Å²) in [5.74, 6) is 0.772. The molecule has 2 aliphatic carbocycles. The minimum Gasteiger partial charge on any atom is -0.312 e. The second kappa shape index (κ2) is 5.40. The van der Waals surface area contributed by atoms with Gasteiger partial charge in [0.2, 0.25) is 10.0 Å². The summed E-state index contributed by atoms with van der Waals surface area (Å²) in [6, 6.07) is 1.72. The van der Waals surface area contributed by atoms with Crippen LogP contribution >= 0.6 is 11.3 Å². The fourth-order valence-electron chi connectivity index (χ4n) is 2.84. The van der Waals surface area contributed by atoms with E-state index < -0.39 is 10.0 Å². The van der Waals surface area contributed by atoms with E-state index in [0.717, 1.165) is 17.3 Å². The van der Waals surface area contributed by atoms with Crippen molar-refractivity contribution < 1.29 is 8.42 Å². The van der Waals surface area contributed by atoms with E-state index in [4.69, 9.17) is 0 Å². The van der Waals surface area contributed by atoms with E-state index in [2.05, 4.69) is 10.0 Å². The summed E-state index contributed by atoms with van der Waals surface area (Å²) in [7, 11) is -3.36. The van der Waals surface area contributed by atoms with Crippen LogP contribution in [0.3, 0.4) is 0 Å². The molecule has 6 heteroatoms. The molecule has 0 aliphatic heterocycles. The van der Waals surface area contributed by atoms with Crippen molar-refractivity contribution in [3.63, 3.8) is 0 Å². The highest BCUT2D eigenvalue weighted by molar-refractivity contribution is 7.89. The summed E-state index contributed by atoms with van der Waals surface area (Å²) in [6.07, 6.45) is 4.94. The van der Waals surface area contributed by atoms with Crippen molar-refractivity contribution in [3.8, 4) is 0 Å². The molecule has 2 N–H and O–H groups in total. The lowest BCUT2D eigenvalue weighted by Crippen LogP contribution is -2.31. The van der Waals surface area contributed by atoms with Gasteiger partial charge in [-0.25, -0.2) is 13.1 Å². The maximum Gasteiger partial charge on any atom is 0.241 e. The molecule has 0 spiro atoms. The first-order valence-electron chi connectivity index (χ1n) is 7.34. The summed E-state index contributed by atoms with van der Waals surface area (Å²) in [4.78, 5) is 1.35. The summed E-state index contributed by atoms with van der Waals surface area (Å²) >= 11 is 1.50. The van der Waals surface area contributed by atoms with Gasteiger partial charge in [-0.3, -0.25) is 0 Å². The predicted molar refractivity (Wildman–Crippen MR) is 81.3 cm³/mol. The molecule has 1 aromatic rings. The SMILES string of the molecule is CCNCc1sccc1S(=O)(=O)NCC1(C2CC2)CC1. The van der Waals surface area contributed by atoms with Crippen LogP contribution in [0.25, 0.3) is 0 Å². The van der Waals surface area contributed by atoms with Gasteiger partial charge >= 0.3 is 0 Å². The molecule has 4 nitrogen and oxygen atoms in total. The zero-order chi connectivity index (χ0) is 14.2. The van der Waals surface area contributed by atoms with E-state index >= 15 is 0 Å². The number of thiophene rings is 1. The van der Waals surface area contributed by atoms with E-state index in [0.29, 0.717) is 23.4 Å². The molecule has 20 heavy (non-hydrogen) atoms. The average Bonchev–Trinajstić information content (AvgIpc) is 3.31. The topological polar surface area (TPSA) is 58.2 Å². The Hall–Kier alpha value is -0.430. The molecule has 1 aromatic heterocycles. The zero-order valence-electron chi connectivity index (χ0n) is 11.8. The molecule has 2 aliphatic rings. The second-order valence-corrected chi connectivity index (χ2v) is 8.69. The third-order valence-corrected chi connectivity index (χ3v) is 7.02. The van der Waals surface area contributed by atoms with Gasteiger partial charge in [-0.15, -0.1) is 11.3 Å². The summed E-state index contributed by atoms with van der Waals surface area (Å²) < 4.78 is 27.8. The van der Waals surface area contributed by atoms with E-state index in [1.807, 2.05) is 12.3 Å². The van der Waals surface area contributed by atoms with E-state index in [1.165, 1.54) is 37.0 Å². The van der Waals surface area contributed by atoms with Gasteiger partial charge in [0.15, 0.2) is 0 Å². The Morgan fingerprint density at radius 2 is 2.15 bits per heavy atom. The molecule has 0 radical (unpaired) electrons. The van der Waals surface area contributed by atoms with Crippen LogP contribution in [0, 0.1) is 11.3 Å². The van der Waals surface area contributed by atoms with Crippen molar-refractivity contribution in [3.05, 3.63) is 16.3 Å². The predicted octanol–water partition coefficient (Wildman–Crippen LogP) is 2.33. The number of nitrogens with one attached hydrogen (secondary N) is 2. The number of sulfonamides is 1. The first-order chi connectivity index (χ1) is 9.57. The maximum absolute atomic E-state index is 12.5. The van der Waals surface area contributed by atoms with Crippen LogP contribution < -0.4 is 10.0 Å². The van der Waals surface area contributed by atoms with Crippen molar-refractivity contribution in [2.24, 2.45) is 11.3 Å². The Kier molecular flexibility index (Phi) is 3.92. The van der Waals surface area contributed by atoms with Crippen LogP contribution in [0.15, 0.2) is 16.3 Å². The molecule has 0 saturated heterocycles.